The normalized spacial score (nSPS) is 11.3. The Morgan fingerprint density at radius 2 is 1.61 bits per heavy atom. The smallest absolute Gasteiger partial charge is 0.328 e. The molecule has 0 aliphatic carbocycles. The molecule has 2 aromatic carbocycles. The highest BCUT2D eigenvalue weighted by Crippen LogP contribution is 2.06. The molecule has 0 fully saturated rings. The molecule has 23 heavy (non-hydrogen) atoms. The van der Waals surface area contributed by atoms with Crippen molar-refractivity contribution in [3.8, 4) is 0 Å². The number of nitrogens with one attached hydrogen (secondary N) is 2. The van der Waals surface area contributed by atoms with E-state index in [0.717, 1.165) is 11.3 Å². The average Bonchev–Trinajstić information content (AvgIpc) is 2.60. The van der Waals surface area contributed by atoms with Gasteiger partial charge in [-0.05, 0) is 17.7 Å². The lowest BCUT2D eigenvalue weighted by molar-refractivity contribution is -0.144. The van der Waals surface area contributed by atoms with Crippen LogP contribution in [0.2, 0.25) is 0 Å². The van der Waals surface area contributed by atoms with E-state index in [9.17, 15) is 9.59 Å². The van der Waals surface area contributed by atoms with Gasteiger partial charge in [-0.15, -0.1) is 0 Å². The third-order valence-corrected chi connectivity index (χ3v) is 3.33. The highest BCUT2D eigenvalue weighted by atomic mass is 16.5. The van der Waals surface area contributed by atoms with Crippen molar-refractivity contribution in [1.29, 1.82) is 0 Å². The Hall–Kier alpha value is -2.82. The maximum Gasteiger partial charge on any atom is 0.328 e. The fraction of sp³-hybridized carbons (Fsp3) is 0.222. The van der Waals surface area contributed by atoms with E-state index >= 15 is 0 Å². The molecule has 5 heteroatoms. The van der Waals surface area contributed by atoms with E-state index < -0.39 is 12.0 Å². The number of hydrogen-bond acceptors (Lipinski definition) is 4. The molecule has 2 aromatic rings. The van der Waals surface area contributed by atoms with Crippen molar-refractivity contribution < 1.29 is 14.3 Å². The minimum Gasteiger partial charge on any atom is -0.467 e. The topological polar surface area (TPSA) is 67.4 Å². The summed E-state index contributed by atoms with van der Waals surface area (Å²) in [5.74, 6) is -0.720. The van der Waals surface area contributed by atoms with Gasteiger partial charge in [-0.3, -0.25) is 4.79 Å². The van der Waals surface area contributed by atoms with E-state index in [1.54, 1.807) is 0 Å². The molecule has 0 aromatic heterocycles. The molecule has 0 aliphatic rings. The molecular formula is C18H20N2O3. The summed E-state index contributed by atoms with van der Waals surface area (Å²) < 4.78 is 4.77. The Morgan fingerprint density at radius 1 is 1.00 bits per heavy atom. The van der Waals surface area contributed by atoms with Crippen LogP contribution in [0, 0.1) is 0 Å². The molecule has 1 amide bonds. The van der Waals surface area contributed by atoms with Crippen LogP contribution in [0.15, 0.2) is 60.7 Å². The van der Waals surface area contributed by atoms with Gasteiger partial charge in [0.15, 0.2) is 0 Å². The predicted octanol–water partition coefficient (Wildman–Crippen LogP) is 2.00. The van der Waals surface area contributed by atoms with Crippen LogP contribution in [0.1, 0.15) is 5.56 Å². The largest absolute Gasteiger partial charge is 0.467 e. The molecule has 120 valence electrons. The lowest BCUT2D eigenvalue weighted by atomic mass is 10.1. The summed E-state index contributed by atoms with van der Waals surface area (Å²) in [6.45, 7) is 0.0896. The maximum absolute atomic E-state index is 12.1. The van der Waals surface area contributed by atoms with E-state index in [4.69, 9.17) is 4.74 Å². The molecule has 0 radical (unpaired) electrons. The van der Waals surface area contributed by atoms with Gasteiger partial charge in [0.25, 0.3) is 0 Å². The summed E-state index contributed by atoms with van der Waals surface area (Å²) >= 11 is 0. The number of amides is 1. The minimum absolute atomic E-state index is 0.0896. The van der Waals surface area contributed by atoms with Crippen LogP contribution in [-0.4, -0.2) is 31.6 Å². The van der Waals surface area contributed by atoms with Crippen LogP contribution in [0.4, 0.5) is 5.69 Å². The van der Waals surface area contributed by atoms with Gasteiger partial charge in [0.05, 0.1) is 13.7 Å². The van der Waals surface area contributed by atoms with Crippen LogP contribution >= 0.6 is 0 Å². The van der Waals surface area contributed by atoms with Crippen LogP contribution in [-0.2, 0) is 20.7 Å². The van der Waals surface area contributed by atoms with Gasteiger partial charge in [0.1, 0.15) is 6.04 Å². The standard InChI is InChI=1S/C18H20N2O3/c1-23-18(22)16(12-14-8-4-2-5-9-14)20-17(21)13-19-15-10-6-3-7-11-15/h2-11,16,19H,12-13H2,1H3,(H,20,21)/t16-/m0/s1. The number of ether oxygens (including phenoxy) is 1. The number of carbonyl (C=O) groups excluding carboxylic acids is 2. The van der Waals surface area contributed by atoms with Crippen molar-refractivity contribution >= 4 is 17.6 Å². The maximum atomic E-state index is 12.1. The molecular weight excluding hydrogens is 292 g/mol. The van der Waals surface area contributed by atoms with Crippen molar-refractivity contribution in [1.82, 2.24) is 5.32 Å². The Bertz CT molecular complexity index is 629. The van der Waals surface area contributed by atoms with Crippen molar-refractivity contribution in [3.63, 3.8) is 0 Å². The number of benzene rings is 2. The second-order valence-electron chi connectivity index (χ2n) is 5.05. The molecule has 0 saturated carbocycles. The van der Waals surface area contributed by atoms with Gasteiger partial charge in [-0.25, -0.2) is 4.79 Å². The molecule has 1 atom stereocenters. The zero-order chi connectivity index (χ0) is 16.5. The lowest BCUT2D eigenvalue weighted by Crippen LogP contribution is -2.45. The summed E-state index contributed by atoms with van der Waals surface area (Å²) in [6, 6.07) is 18.2. The van der Waals surface area contributed by atoms with E-state index in [1.807, 2.05) is 60.7 Å². The summed E-state index contributed by atoms with van der Waals surface area (Å²) in [4.78, 5) is 23.9. The first-order valence-electron chi connectivity index (χ1n) is 7.39. The van der Waals surface area contributed by atoms with Crippen molar-refractivity contribution in [2.75, 3.05) is 19.0 Å². The zero-order valence-corrected chi connectivity index (χ0v) is 13.0. The van der Waals surface area contributed by atoms with Crippen LogP contribution in [0.5, 0.6) is 0 Å². The Morgan fingerprint density at radius 3 is 2.22 bits per heavy atom. The molecule has 0 unspecified atom stereocenters. The van der Waals surface area contributed by atoms with Gasteiger partial charge in [0, 0.05) is 12.1 Å². The molecule has 2 N–H and O–H groups in total. The molecule has 0 aliphatic heterocycles. The monoisotopic (exact) mass is 312 g/mol. The van der Waals surface area contributed by atoms with Crippen LogP contribution < -0.4 is 10.6 Å². The summed E-state index contributed by atoms with van der Waals surface area (Å²) in [5.41, 5.74) is 1.81. The number of para-hydroxylation sites is 1. The van der Waals surface area contributed by atoms with Crippen LogP contribution in [0.25, 0.3) is 0 Å². The van der Waals surface area contributed by atoms with Gasteiger partial charge < -0.3 is 15.4 Å². The first-order chi connectivity index (χ1) is 11.2. The average molecular weight is 312 g/mol. The number of carbonyl (C=O) groups is 2. The second kappa shape index (κ2) is 8.58. The number of esters is 1. The van der Waals surface area contributed by atoms with Crippen molar-refractivity contribution in [2.24, 2.45) is 0 Å². The van der Waals surface area contributed by atoms with E-state index in [0.29, 0.717) is 6.42 Å². The summed E-state index contributed by atoms with van der Waals surface area (Å²) in [5, 5.41) is 5.72. The predicted molar refractivity (Wildman–Crippen MR) is 89.0 cm³/mol. The highest BCUT2D eigenvalue weighted by Gasteiger charge is 2.21. The van der Waals surface area contributed by atoms with E-state index in [2.05, 4.69) is 10.6 Å². The van der Waals surface area contributed by atoms with E-state index in [-0.39, 0.29) is 12.5 Å². The molecule has 0 spiro atoms. The van der Waals surface area contributed by atoms with Crippen molar-refractivity contribution in [3.05, 3.63) is 66.2 Å². The fourth-order valence-corrected chi connectivity index (χ4v) is 2.17. The number of methoxy groups -OCH3 is 1. The van der Waals surface area contributed by atoms with E-state index in [1.165, 1.54) is 7.11 Å². The number of rotatable bonds is 7. The minimum atomic E-state index is -0.701. The van der Waals surface area contributed by atoms with Gasteiger partial charge in [-0.2, -0.15) is 0 Å². The van der Waals surface area contributed by atoms with Crippen LogP contribution in [0.3, 0.4) is 0 Å². The molecule has 0 heterocycles. The SMILES string of the molecule is COC(=O)[C@H](Cc1ccccc1)NC(=O)CNc1ccccc1. The molecule has 0 bridgehead atoms. The van der Waals surface area contributed by atoms with Gasteiger partial charge >= 0.3 is 5.97 Å². The third kappa shape index (κ3) is 5.47. The Labute approximate surface area is 135 Å². The number of hydrogen-bond donors (Lipinski definition) is 2. The first kappa shape index (κ1) is 16.5. The quantitative estimate of drug-likeness (QED) is 0.767. The van der Waals surface area contributed by atoms with Gasteiger partial charge in [-0.1, -0.05) is 48.5 Å². The first-order valence-corrected chi connectivity index (χ1v) is 7.39. The fourth-order valence-electron chi connectivity index (χ4n) is 2.17. The Kier molecular flexibility index (Phi) is 6.17. The highest BCUT2D eigenvalue weighted by molar-refractivity contribution is 5.86. The summed E-state index contributed by atoms with van der Waals surface area (Å²) in [7, 11) is 1.31. The molecule has 2 rings (SSSR count). The third-order valence-electron chi connectivity index (χ3n) is 3.33. The zero-order valence-electron chi connectivity index (χ0n) is 13.0. The molecule has 5 nitrogen and oxygen atoms in total. The summed E-state index contributed by atoms with van der Waals surface area (Å²) in [6.07, 6.45) is 0.393. The number of anilines is 1. The van der Waals surface area contributed by atoms with Crippen molar-refractivity contribution in [2.45, 2.75) is 12.5 Å². The lowest BCUT2D eigenvalue weighted by Gasteiger charge is -2.17. The second-order valence-corrected chi connectivity index (χ2v) is 5.05. The van der Waals surface area contributed by atoms with Gasteiger partial charge in [0.2, 0.25) is 5.91 Å². The molecule has 0 saturated heterocycles. The Balaban J connectivity index is 1.91.